The predicted molar refractivity (Wildman–Crippen MR) is 82.1 cm³/mol. The first kappa shape index (κ1) is 16.4. The maximum absolute atomic E-state index is 12.2. The highest BCUT2D eigenvalue weighted by Crippen LogP contribution is 2.09. The molecule has 1 unspecified atom stereocenters. The van der Waals surface area contributed by atoms with Crippen LogP contribution < -0.4 is 10.0 Å². The molecule has 2 rings (SSSR count). The van der Waals surface area contributed by atoms with Gasteiger partial charge in [-0.3, -0.25) is 0 Å². The molecule has 3 N–H and O–H groups in total. The van der Waals surface area contributed by atoms with Crippen LogP contribution in [0.15, 0.2) is 30.3 Å². The molecule has 1 heterocycles. The summed E-state index contributed by atoms with van der Waals surface area (Å²) in [4.78, 5) is 0. The first-order chi connectivity index (χ1) is 10.1. The lowest BCUT2D eigenvalue weighted by Crippen LogP contribution is -2.51. The van der Waals surface area contributed by atoms with Crippen molar-refractivity contribution in [1.82, 2.24) is 14.3 Å². The molecule has 1 fully saturated rings. The molecule has 1 aromatic rings. The third-order valence-corrected chi connectivity index (χ3v) is 5.17. The molecule has 0 spiro atoms. The van der Waals surface area contributed by atoms with E-state index >= 15 is 0 Å². The number of nitrogens with zero attached hydrogens (tertiary/aromatic N) is 1. The molecule has 0 aromatic heterocycles. The van der Waals surface area contributed by atoms with Crippen LogP contribution in [0, 0.1) is 5.92 Å². The van der Waals surface area contributed by atoms with Gasteiger partial charge in [-0.1, -0.05) is 30.3 Å². The van der Waals surface area contributed by atoms with E-state index in [1.165, 1.54) is 4.31 Å². The fraction of sp³-hybridized carbons (Fsp3) is 0.571. The number of hydrogen-bond donors (Lipinski definition) is 3. The van der Waals surface area contributed by atoms with Crippen molar-refractivity contribution in [2.24, 2.45) is 5.92 Å². The summed E-state index contributed by atoms with van der Waals surface area (Å²) < 4.78 is 28.4. The van der Waals surface area contributed by atoms with Gasteiger partial charge in [-0.05, 0) is 17.9 Å². The number of nitrogens with one attached hydrogen (secondary N) is 2. The van der Waals surface area contributed by atoms with Crippen molar-refractivity contribution < 1.29 is 13.5 Å². The summed E-state index contributed by atoms with van der Waals surface area (Å²) in [6, 6.07) is 9.77. The molecule has 0 bridgehead atoms. The van der Waals surface area contributed by atoms with E-state index in [0.29, 0.717) is 32.6 Å². The van der Waals surface area contributed by atoms with Crippen LogP contribution in [-0.4, -0.2) is 57.2 Å². The Labute approximate surface area is 126 Å². The Balaban J connectivity index is 1.87. The molecule has 118 valence electrons. The van der Waals surface area contributed by atoms with E-state index in [1.54, 1.807) is 0 Å². The van der Waals surface area contributed by atoms with Gasteiger partial charge in [0.2, 0.25) is 0 Å². The molecule has 1 aliphatic heterocycles. The largest absolute Gasteiger partial charge is 0.396 e. The van der Waals surface area contributed by atoms with Gasteiger partial charge in [-0.15, -0.1) is 0 Å². The fourth-order valence-corrected chi connectivity index (χ4v) is 3.64. The van der Waals surface area contributed by atoms with Crippen LogP contribution in [0.3, 0.4) is 0 Å². The molecule has 1 aliphatic rings. The minimum Gasteiger partial charge on any atom is -0.396 e. The van der Waals surface area contributed by atoms with E-state index in [1.807, 2.05) is 30.3 Å². The van der Waals surface area contributed by atoms with Crippen molar-refractivity contribution in [3.8, 4) is 0 Å². The molecular weight excluding hydrogens is 290 g/mol. The summed E-state index contributed by atoms with van der Waals surface area (Å²) in [7, 11) is -3.45. The number of aliphatic hydroxyl groups is 1. The van der Waals surface area contributed by atoms with E-state index in [-0.39, 0.29) is 19.1 Å². The van der Waals surface area contributed by atoms with Gasteiger partial charge in [0.05, 0.1) is 0 Å². The summed E-state index contributed by atoms with van der Waals surface area (Å²) in [6.07, 6.45) is 0.654. The summed E-state index contributed by atoms with van der Waals surface area (Å²) in [5, 5.41) is 12.6. The molecular formula is C14H23N3O3S. The molecule has 1 aromatic carbocycles. The molecule has 6 nitrogen and oxygen atoms in total. The zero-order valence-electron chi connectivity index (χ0n) is 12.0. The van der Waals surface area contributed by atoms with Crippen LogP contribution in [0.25, 0.3) is 0 Å². The molecule has 0 radical (unpaired) electrons. The molecule has 0 amide bonds. The molecule has 21 heavy (non-hydrogen) atoms. The first-order valence-electron chi connectivity index (χ1n) is 7.22. The number of hydrogen-bond acceptors (Lipinski definition) is 4. The lowest BCUT2D eigenvalue weighted by atomic mass is 10.0. The Morgan fingerprint density at radius 1 is 1.24 bits per heavy atom. The molecule has 1 atom stereocenters. The lowest BCUT2D eigenvalue weighted by Gasteiger charge is -2.27. The monoisotopic (exact) mass is 313 g/mol. The van der Waals surface area contributed by atoms with Crippen LogP contribution in [0.5, 0.6) is 0 Å². The average molecular weight is 313 g/mol. The van der Waals surface area contributed by atoms with Crippen molar-refractivity contribution in [2.45, 2.75) is 6.42 Å². The molecule has 7 heteroatoms. The van der Waals surface area contributed by atoms with E-state index < -0.39 is 10.2 Å². The second kappa shape index (κ2) is 7.86. The Morgan fingerprint density at radius 3 is 2.52 bits per heavy atom. The predicted octanol–water partition coefficient (Wildman–Crippen LogP) is -0.423. The van der Waals surface area contributed by atoms with Gasteiger partial charge in [0.1, 0.15) is 0 Å². The number of piperazine rings is 1. The van der Waals surface area contributed by atoms with E-state index in [0.717, 1.165) is 5.56 Å². The zero-order chi connectivity index (χ0) is 15.1. The third kappa shape index (κ3) is 5.05. The second-order valence-electron chi connectivity index (χ2n) is 5.24. The minimum absolute atomic E-state index is 0.0427. The minimum atomic E-state index is -3.45. The molecule has 0 aliphatic carbocycles. The molecule has 0 saturated carbocycles. The second-order valence-corrected chi connectivity index (χ2v) is 7.00. The topological polar surface area (TPSA) is 81.7 Å². The van der Waals surface area contributed by atoms with Crippen LogP contribution >= 0.6 is 0 Å². The Kier molecular flexibility index (Phi) is 6.13. The Bertz CT molecular complexity index is 516. The standard InChI is InChI=1S/C14H23N3O3S/c18-12-14(10-13-4-2-1-3-5-13)11-16-21(19,20)17-8-6-15-7-9-17/h1-5,14-16,18H,6-12H2. The van der Waals surface area contributed by atoms with E-state index in [2.05, 4.69) is 10.0 Å². The van der Waals surface area contributed by atoms with Crippen molar-refractivity contribution in [2.75, 3.05) is 39.3 Å². The maximum Gasteiger partial charge on any atom is 0.279 e. The van der Waals surface area contributed by atoms with Gasteiger partial charge in [-0.2, -0.15) is 12.7 Å². The fourth-order valence-electron chi connectivity index (χ4n) is 2.35. The van der Waals surface area contributed by atoms with Crippen molar-refractivity contribution >= 4 is 10.2 Å². The van der Waals surface area contributed by atoms with Gasteiger partial charge in [0.25, 0.3) is 10.2 Å². The SMILES string of the molecule is O=S(=O)(NCC(CO)Cc1ccccc1)N1CCNCC1. The summed E-state index contributed by atoms with van der Waals surface area (Å²) >= 11 is 0. The van der Waals surface area contributed by atoms with Crippen LogP contribution in [0.2, 0.25) is 0 Å². The van der Waals surface area contributed by atoms with Crippen LogP contribution in [0.4, 0.5) is 0 Å². The number of benzene rings is 1. The zero-order valence-corrected chi connectivity index (χ0v) is 12.8. The van der Waals surface area contributed by atoms with E-state index in [4.69, 9.17) is 0 Å². The lowest BCUT2D eigenvalue weighted by molar-refractivity contribution is 0.226. The third-order valence-electron chi connectivity index (χ3n) is 3.60. The van der Waals surface area contributed by atoms with Gasteiger partial charge < -0.3 is 10.4 Å². The highest BCUT2D eigenvalue weighted by molar-refractivity contribution is 7.87. The smallest absolute Gasteiger partial charge is 0.279 e. The van der Waals surface area contributed by atoms with E-state index in [9.17, 15) is 13.5 Å². The normalized spacial score (nSPS) is 18.5. The quantitative estimate of drug-likeness (QED) is 0.638. The first-order valence-corrected chi connectivity index (χ1v) is 8.66. The molecule has 1 saturated heterocycles. The van der Waals surface area contributed by atoms with Gasteiger partial charge in [0, 0.05) is 39.3 Å². The summed E-state index contributed by atoms with van der Waals surface area (Å²) in [5.74, 6) is -0.120. The van der Waals surface area contributed by atoms with Crippen LogP contribution in [-0.2, 0) is 16.6 Å². The Hall–Kier alpha value is -0.990. The average Bonchev–Trinajstić information content (AvgIpc) is 2.53. The Morgan fingerprint density at radius 2 is 1.90 bits per heavy atom. The van der Waals surface area contributed by atoms with Crippen molar-refractivity contribution in [3.63, 3.8) is 0 Å². The van der Waals surface area contributed by atoms with Gasteiger partial charge >= 0.3 is 0 Å². The van der Waals surface area contributed by atoms with Gasteiger partial charge in [-0.25, -0.2) is 4.72 Å². The van der Waals surface area contributed by atoms with Crippen molar-refractivity contribution in [1.29, 1.82) is 0 Å². The van der Waals surface area contributed by atoms with Crippen molar-refractivity contribution in [3.05, 3.63) is 35.9 Å². The number of rotatable bonds is 7. The summed E-state index contributed by atoms with van der Waals surface area (Å²) in [5.41, 5.74) is 1.10. The number of aliphatic hydroxyl groups excluding tert-OH is 1. The summed E-state index contributed by atoms with van der Waals surface area (Å²) in [6.45, 7) is 2.52. The maximum atomic E-state index is 12.2. The highest BCUT2D eigenvalue weighted by atomic mass is 32.2. The van der Waals surface area contributed by atoms with Crippen LogP contribution in [0.1, 0.15) is 5.56 Å². The highest BCUT2D eigenvalue weighted by Gasteiger charge is 2.24. The van der Waals surface area contributed by atoms with Gasteiger partial charge in [0.15, 0.2) is 0 Å².